The lowest BCUT2D eigenvalue weighted by atomic mass is 10.1. The SMILES string of the molecule is COc1ccc(Cl)cc1CNC(C)(C)CO. The van der Waals surface area contributed by atoms with Crippen LogP contribution in [-0.4, -0.2) is 24.4 Å². The van der Waals surface area contributed by atoms with E-state index in [0.717, 1.165) is 11.3 Å². The molecular formula is C12H18ClNO2. The Morgan fingerprint density at radius 2 is 2.12 bits per heavy atom. The van der Waals surface area contributed by atoms with Crippen molar-refractivity contribution in [3.63, 3.8) is 0 Å². The van der Waals surface area contributed by atoms with E-state index in [1.54, 1.807) is 13.2 Å². The van der Waals surface area contributed by atoms with Crippen LogP contribution in [0, 0.1) is 0 Å². The summed E-state index contributed by atoms with van der Waals surface area (Å²) in [6, 6.07) is 5.49. The van der Waals surface area contributed by atoms with Gasteiger partial charge in [0.25, 0.3) is 0 Å². The van der Waals surface area contributed by atoms with E-state index in [2.05, 4.69) is 5.32 Å². The molecule has 2 N–H and O–H groups in total. The van der Waals surface area contributed by atoms with Crippen LogP contribution in [0.1, 0.15) is 19.4 Å². The Morgan fingerprint density at radius 1 is 1.44 bits per heavy atom. The quantitative estimate of drug-likeness (QED) is 0.833. The third-order valence-electron chi connectivity index (χ3n) is 2.40. The fourth-order valence-corrected chi connectivity index (χ4v) is 1.47. The van der Waals surface area contributed by atoms with Crippen molar-refractivity contribution in [2.75, 3.05) is 13.7 Å². The molecule has 1 aromatic carbocycles. The second-order valence-electron chi connectivity index (χ2n) is 4.35. The van der Waals surface area contributed by atoms with Crippen LogP contribution in [0.5, 0.6) is 5.75 Å². The topological polar surface area (TPSA) is 41.5 Å². The maximum absolute atomic E-state index is 9.13. The Morgan fingerprint density at radius 3 is 2.69 bits per heavy atom. The minimum Gasteiger partial charge on any atom is -0.496 e. The Balaban J connectivity index is 2.76. The van der Waals surface area contributed by atoms with Crippen LogP contribution < -0.4 is 10.1 Å². The summed E-state index contributed by atoms with van der Waals surface area (Å²) in [4.78, 5) is 0. The second kappa shape index (κ2) is 5.53. The van der Waals surface area contributed by atoms with Gasteiger partial charge in [0, 0.05) is 22.7 Å². The first kappa shape index (κ1) is 13.3. The third-order valence-corrected chi connectivity index (χ3v) is 2.63. The van der Waals surface area contributed by atoms with Gasteiger partial charge in [0.05, 0.1) is 13.7 Å². The number of ether oxygens (including phenoxy) is 1. The summed E-state index contributed by atoms with van der Waals surface area (Å²) in [5.41, 5.74) is 0.671. The van der Waals surface area contributed by atoms with Crippen LogP contribution >= 0.6 is 11.6 Å². The van der Waals surface area contributed by atoms with Crippen molar-refractivity contribution in [3.8, 4) is 5.75 Å². The van der Waals surface area contributed by atoms with Gasteiger partial charge in [0.15, 0.2) is 0 Å². The molecule has 4 heteroatoms. The molecule has 0 aromatic heterocycles. The maximum atomic E-state index is 9.13. The zero-order chi connectivity index (χ0) is 12.2. The smallest absolute Gasteiger partial charge is 0.123 e. The molecule has 0 fully saturated rings. The molecule has 0 aliphatic rings. The molecule has 0 unspecified atom stereocenters. The lowest BCUT2D eigenvalue weighted by Gasteiger charge is -2.24. The summed E-state index contributed by atoms with van der Waals surface area (Å²) in [6.07, 6.45) is 0. The second-order valence-corrected chi connectivity index (χ2v) is 4.79. The van der Waals surface area contributed by atoms with Crippen LogP contribution in [0.15, 0.2) is 18.2 Å². The fraction of sp³-hybridized carbons (Fsp3) is 0.500. The molecule has 0 atom stereocenters. The zero-order valence-corrected chi connectivity index (χ0v) is 10.6. The fourth-order valence-electron chi connectivity index (χ4n) is 1.28. The number of aliphatic hydroxyl groups is 1. The molecule has 0 amide bonds. The van der Waals surface area contributed by atoms with Crippen molar-refractivity contribution >= 4 is 11.6 Å². The van der Waals surface area contributed by atoms with Gasteiger partial charge in [-0.05, 0) is 32.0 Å². The van der Waals surface area contributed by atoms with Gasteiger partial charge in [-0.15, -0.1) is 0 Å². The molecular weight excluding hydrogens is 226 g/mol. The molecule has 0 spiro atoms. The molecule has 0 saturated heterocycles. The molecule has 0 saturated carbocycles. The normalized spacial score (nSPS) is 11.6. The zero-order valence-electron chi connectivity index (χ0n) is 9.88. The van der Waals surface area contributed by atoms with Gasteiger partial charge in [-0.25, -0.2) is 0 Å². The first-order valence-corrected chi connectivity index (χ1v) is 5.54. The minimum absolute atomic E-state index is 0.0792. The molecule has 90 valence electrons. The minimum atomic E-state index is -0.312. The van der Waals surface area contributed by atoms with Gasteiger partial charge in [0.2, 0.25) is 0 Å². The lowest BCUT2D eigenvalue weighted by molar-refractivity contribution is 0.187. The molecule has 0 heterocycles. The molecule has 0 bridgehead atoms. The van der Waals surface area contributed by atoms with Gasteiger partial charge in [-0.1, -0.05) is 11.6 Å². The van der Waals surface area contributed by atoms with Gasteiger partial charge in [0.1, 0.15) is 5.75 Å². The Hall–Kier alpha value is -0.770. The average Bonchev–Trinajstić information content (AvgIpc) is 2.27. The van der Waals surface area contributed by atoms with Crippen molar-refractivity contribution < 1.29 is 9.84 Å². The summed E-state index contributed by atoms with van der Waals surface area (Å²) < 4.78 is 5.24. The monoisotopic (exact) mass is 243 g/mol. The number of benzene rings is 1. The third kappa shape index (κ3) is 3.67. The van der Waals surface area contributed by atoms with Crippen LogP contribution in [0.4, 0.5) is 0 Å². The van der Waals surface area contributed by atoms with Crippen molar-refractivity contribution in [2.24, 2.45) is 0 Å². The molecule has 0 aliphatic carbocycles. The summed E-state index contributed by atoms with van der Waals surface area (Å²) in [5, 5.41) is 13.1. The number of rotatable bonds is 5. The van der Waals surface area contributed by atoms with E-state index in [4.69, 9.17) is 21.4 Å². The highest BCUT2D eigenvalue weighted by molar-refractivity contribution is 6.30. The van der Waals surface area contributed by atoms with Gasteiger partial charge < -0.3 is 15.2 Å². The predicted molar refractivity (Wildman–Crippen MR) is 66.0 cm³/mol. The molecule has 1 aromatic rings. The summed E-state index contributed by atoms with van der Waals surface area (Å²) in [7, 11) is 1.63. The summed E-state index contributed by atoms with van der Waals surface area (Å²) >= 11 is 5.92. The van der Waals surface area contributed by atoms with E-state index in [1.807, 2.05) is 26.0 Å². The highest BCUT2D eigenvalue weighted by Gasteiger charge is 2.16. The molecule has 16 heavy (non-hydrogen) atoms. The average molecular weight is 244 g/mol. The van der Waals surface area contributed by atoms with Gasteiger partial charge >= 0.3 is 0 Å². The van der Waals surface area contributed by atoms with E-state index in [-0.39, 0.29) is 12.1 Å². The lowest BCUT2D eigenvalue weighted by Crippen LogP contribution is -2.42. The van der Waals surface area contributed by atoms with E-state index < -0.39 is 0 Å². The number of halogens is 1. The van der Waals surface area contributed by atoms with E-state index in [9.17, 15) is 0 Å². The highest BCUT2D eigenvalue weighted by Crippen LogP contribution is 2.22. The van der Waals surface area contributed by atoms with Crippen molar-refractivity contribution in [2.45, 2.75) is 25.9 Å². The van der Waals surface area contributed by atoms with Gasteiger partial charge in [-0.2, -0.15) is 0 Å². The number of hydrogen-bond acceptors (Lipinski definition) is 3. The highest BCUT2D eigenvalue weighted by atomic mass is 35.5. The predicted octanol–water partition coefficient (Wildman–Crippen LogP) is 2.21. The Kier molecular flexibility index (Phi) is 4.59. The standard InChI is InChI=1S/C12H18ClNO2/c1-12(2,8-15)14-7-9-6-10(13)4-5-11(9)16-3/h4-6,14-15H,7-8H2,1-3H3. The van der Waals surface area contributed by atoms with Crippen molar-refractivity contribution in [1.29, 1.82) is 0 Å². The van der Waals surface area contributed by atoms with Gasteiger partial charge in [-0.3, -0.25) is 0 Å². The van der Waals surface area contributed by atoms with E-state index in [0.29, 0.717) is 11.6 Å². The van der Waals surface area contributed by atoms with Crippen LogP contribution in [0.25, 0.3) is 0 Å². The molecule has 1 rings (SSSR count). The van der Waals surface area contributed by atoms with Crippen molar-refractivity contribution in [1.82, 2.24) is 5.32 Å². The summed E-state index contributed by atoms with van der Waals surface area (Å²) in [5.74, 6) is 0.797. The Bertz CT molecular complexity index is 353. The number of hydrogen-bond donors (Lipinski definition) is 2. The Labute approximate surface area is 101 Å². The van der Waals surface area contributed by atoms with E-state index in [1.165, 1.54) is 0 Å². The number of nitrogens with one attached hydrogen (secondary N) is 1. The van der Waals surface area contributed by atoms with E-state index >= 15 is 0 Å². The first-order chi connectivity index (χ1) is 7.48. The van der Waals surface area contributed by atoms with Crippen LogP contribution in [-0.2, 0) is 6.54 Å². The molecule has 3 nitrogen and oxygen atoms in total. The number of aliphatic hydroxyl groups excluding tert-OH is 1. The maximum Gasteiger partial charge on any atom is 0.123 e. The molecule has 0 radical (unpaired) electrons. The molecule has 0 aliphatic heterocycles. The number of methoxy groups -OCH3 is 1. The van der Waals surface area contributed by atoms with Crippen LogP contribution in [0.3, 0.4) is 0 Å². The van der Waals surface area contributed by atoms with Crippen molar-refractivity contribution in [3.05, 3.63) is 28.8 Å². The first-order valence-electron chi connectivity index (χ1n) is 5.17. The largest absolute Gasteiger partial charge is 0.496 e. The van der Waals surface area contributed by atoms with Crippen LogP contribution in [0.2, 0.25) is 5.02 Å². The summed E-state index contributed by atoms with van der Waals surface area (Å²) in [6.45, 7) is 4.56.